The van der Waals surface area contributed by atoms with E-state index in [-0.39, 0.29) is 0 Å². The Labute approximate surface area is 77.9 Å². The summed E-state index contributed by atoms with van der Waals surface area (Å²) in [6.45, 7) is 2.33. The van der Waals surface area contributed by atoms with Crippen molar-refractivity contribution >= 4 is 17.3 Å². The Bertz CT molecular complexity index is 266. The van der Waals surface area contributed by atoms with Crippen LogP contribution in [0, 0.1) is 6.07 Å². The Morgan fingerprint density at radius 1 is 1.33 bits per heavy atom. The lowest BCUT2D eigenvalue weighted by Gasteiger charge is -2.17. The summed E-state index contributed by atoms with van der Waals surface area (Å²) in [5.74, 6) is 0. The van der Waals surface area contributed by atoms with Crippen LogP contribution in [0.25, 0.3) is 0 Å². The van der Waals surface area contributed by atoms with Crippen molar-refractivity contribution in [3.8, 4) is 0 Å². The van der Waals surface area contributed by atoms with E-state index in [1.54, 1.807) is 0 Å². The SMILES string of the molecule is Clc1[c]ccc(N2CCCC2)c1. The fraction of sp³-hybridized carbons (Fsp3) is 0.400. The number of halogens is 1. The maximum Gasteiger partial charge on any atom is 0.0505 e. The van der Waals surface area contributed by atoms with E-state index in [2.05, 4.69) is 17.0 Å². The summed E-state index contributed by atoms with van der Waals surface area (Å²) in [4.78, 5) is 2.36. The molecule has 0 aromatic heterocycles. The third kappa shape index (κ3) is 1.56. The van der Waals surface area contributed by atoms with E-state index in [0.717, 1.165) is 0 Å². The monoisotopic (exact) mass is 180 g/mol. The number of benzene rings is 1. The van der Waals surface area contributed by atoms with E-state index in [0.29, 0.717) is 5.02 Å². The first-order chi connectivity index (χ1) is 5.86. The van der Waals surface area contributed by atoms with Crippen molar-refractivity contribution in [2.75, 3.05) is 18.0 Å². The van der Waals surface area contributed by atoms with Crippen LogP contribution in [0.1, 0.15) is 12.8 Å². The molecule has 0 amide bonds. The van der Waals surface area contributed by atoms with Crippen molar-refractivity contribution < 1.29 is 0 Å². The van der Waals surface area contributed by atoms with Gasteiger partial charge in [-0.3, -0.25) is 0 Å². The number of nitrogens with zero attached hydrogens (tertiary/aromatic N) is 1. The summed E-state index contributed by atoms with van der Waals surface area (Å²) >= 11 is 5.84. The van der Waals surface area contributed by atoms with Gasteiger partial charge in [0, 0.05) is 24.8 Å². The molecule has 0 atom stereocenters. The maximum absolute atomic E-state index is 5.84. The van der Waals surface area contributed by atoms with Crippen LogP contribution in [-0.4, -0.2) is 13.1 Å². The minimum Gasteiger partial charge on any atom is -0.371 e. The lowest BCUT2D eigenvalue weighted by molar-refractivity contribution is 0.949. The molecular weight excluding hydrogens is 170 g/mol. The summed E-state index contributed by atoms with van der Waals surface area (Å²) in [6, 6.07) is 8.86. The minimum atomic E-state index is 0.708. The predicted molar refractivity (Wildman–Crippen MR) is 51.7 cm³/mol. The average Bonchev–Trinajstić information content (AvgIpc) is 2.56. The molecule has 0 bridgehead atoms. The van der Waals surface area contributed by atoms with Crippen molar-refractivity contribution in [1.29, 1.82) is 0 Å². The van der Waals surface area contributed by atoms with Crippen LogP contribution in [-0.2, 0) is 0 Å². The lowest BCUT2D eigenvalue weighted by atomic mass is 10.3. The van der Waals surface area contributed by atoms with Gasteiger partial charge >= 0.3 is 0 Å². The van der Waals surface area contributed by atoms with Gasteiger partial charge in [0.2, 0.25) is 0 Å². The second-order valence-electron chi connectivity index (χ2n) is 3.09. The molecule has 1 aliphatic heterocycles. The standard InChI is InChI=1S/C10H11ClN/c11-9-4-3-5-10(8-9)12-6-1-2-7-12/h3,5,8H,1-2,6-7H2. The highest BCUT2D eigenvalue weighted by Crippen LogP contribution is 2.22. The largest absolute Gasteiger partial charge is 0.371 e. The third-order valence-electron chi connectivity index (χ3n) is 2.22. The van der Waals surface area contributed by atoms with Gasteiger partial charge < -0.3 is 4.90 Å². The smallest absolute Gasteiger partial charge is 0.0505 e. The number of rotatable bonds is 1. The van der Waals surface area contributed by atoms with Crippen LogP contribution in [0.4, 0.5) is 5.69 Å². The zero-order chi connectivity index (χ0) is 8.39. The van der Waals surface area contributed by atoms with Crippen LogP contribution in [0.5, 0.6) is 0 Å². The molecule has 2 heteroatoms. The van der Waals surface area contributed by atoms with E-state index in [9.17, 15) is 0 Å². The summed E-state index contributed by atoms with van der Waals surface area (Å²) < 4.78 is 0. The summed E-state index contributed by atoms with van der Waals surface area (Å²) in [6.07, 6.45) is 2.60. The molecule has 1 nitrogen and oxygen atoms in total. The number of hydrogen-bond donors (Lipinski definition) is 0. The Morgan fingerprint density at radius 3 is 2.75 bits per heavy atom. The zero-order valence-corrected chi connectivity index (χ0v) is 7.64. The fourth-order valence-electron chi connectivity index (χ4n) is 1.60. The van der Waals surface area contributed by atoms with Gasteiger partial charge in [-0.25, -0.2) is 0 Å². The van der Waals surface area contributed by atoms with Crippen molar-refractivity contribution in [2.45, 2.75) is 12.8 Å². The lowest BCUT2D eigenvalue weighted by Crippen LogP contribution is -2.17. The van der Waals surface area contributed by atoms with Gasteiger partial charge in [0.15, 0.2) is 0 Å². The van der Waals surface area contributed by atoms with E-state index in [1.807, 2.05) is 12.1 Å². The van der Waals surface area contributed by atoms with Crippen LogP contribution >= 0.6 is 11.6 Å². The second-order valence-corrected chi connectivity index (χ2v) is 3.50. The van der Waals surface area contributed by atoms with Gasteiger partial charge in [-0.2, -0.15) is 0 Å². The van der Waals surface area contributed by atoms with Crippen LogP contribution < -0.4 is 4.90 Å². The molecular formula is C10H11ClN. The van der Waals surface area contributed by atoms with Gasteiger partial charge in [-0.1, -0.05) is 17.7 Å². The molecule has 0 unspecified atom stereocenters. The molecule has 1 aromatic rings. The molecule has 0 N–H and O–H groups in total. The van der Waals surface area contributed by atoms with E-state index in [4.69, 9.17) is 11.6 Å². The molecule has 1 fully saturated rings. The first-order valence-electron chi connectivity index (χ1n) is 4.28. The molecule has 63 valence electrons. The highest BCUT2D eigenvalue weighted by Gasteiger charge is 2.11. The Morgan fingerprint density at radius 2 is 2.08 bits per heavy atom. The molecule has 2 rings (SSSR count). The molecule has 1 aliphatic rings. The van der Waals surface area contributed by atoms with E-state index in [1.165, 1.54) is 31.6 Å². The molecule has 1 aromatic carbocycles. The van der Waals surface area contributed by atoms with Crippen molar-refractivity contribution in [3.05, 3.63) is 29.3 Å². The quantitative estimate of drug-likeness (QED) is 0.643. The summed E-state index contributed by atoms with van der Waals surface area (Å²) in [5.41, 5.74) is 1.23. The topological polar surface area (TPSA) is 3.24 Å². The van der Waals surface area contributed by atoms with E-state index < -0.39 is 0 Å². The van der Waals surface area contributed by atoms with Crippen molar-refractivity contribution in [1.82, 2.24) is 0 Å². The average molecular weight is 181 g/mol. The van der Waals surface area contributed by atoms with E-state index >= 15 is 0 Å². The maximum atomic E-state index is 5.84. The predicted octanol–water partition coefficient (Wildman–Crippen LogP) is 2.74. The minimum absolute atomic E-state index is 0.708. The van der Waals surface area contributed by atoms with Crippen molar-refractivity contribution in [3.63, 3.8) is 0 Å². The Hall–Kier alpha value is -0.690. The third-order valence-corrected chi connectivity index (χ3v) is 2.44. The first kappa shape index (κ1) is 7.93. The molecule has 0 aliphatic carbocycles. The molecule has 12 heavy (non-hydrogen) atoms. The number of anilines is 1. The van der Waals surface area contributed by atoms with Crippen LogP contribution in [0.15, 0.2) is 18.2 Å². The molecule has 1 heterocycles. The van der Waals surface area contributed by atoms with Gasteiger partial charge in [-0.15, -0.1) is 0 Å². The van der Waals surface area contributed by atoms with Crippen molar-refractivity contribution in [2.24, 2.45) is 0 Å². The highest BCUT2D eigenvalue weighted by atomic mass is 35.5. The molecule has 1 saturated heterocycles. The van der Waals surface area contributed by atoms with Crippen LogP contribution in [0.2, 0.25) is 5.02 Å². The summed E-state index contributed by atoms with van der Waals surface area (Å²) in [5, 5.41) is 0.708. The van der Waals surface area contributed by atoms with Gasteiger partial charge in [-0.05, 0) is 25.0 Å². The van der Waals surface area contributed by atoms with Gasteiger partial charge in [0.25, 0.3) is 0 Å². The summed E-state index contributed by atoms with van der Waals surface area (Å²) in [7, 11) is 0. The van der Waals surface area contributed by atoms with Gasteiger partial charge in [0.05, 0.1) is 5.02 Å². The fourth-order valence-corrected chi connectivity index (χ4v) is 1.77. The molecule has 0 spiro atoms. The number of hydrogen-bond acceptors (Lipinski definition) is 1. The Balaban J connectivity index is 2.21. The second kappa shape index (κ2) is 3.36. The highest BCUT2D eigenvalue weighted by molar-refractivity contribution is 6.30. The molecule has 1 radical (unpaired) electrons. The van der Waals surface area contributed by atoms with Gasteiger partial charge in [0.1, 0.15) is 0 Å². The normalized spacial score (nSPS) is 16.9. The Kier molecular flexibility index (Phi) is 2.22. The zero-order valence-electron chi connectivity index (χ0n) is 6.89. The molecule has 0 saturated carbocycles. The van der Waals surface area contributed by atoms with Crippen LogP contribution in [0.3, 0.4) is 0 Å². The first-order valence-corrected chi connectivity index (χ1v) is 4.66.